The van der Waals surface area contributed by atoms with Crippen molar-refractivity contribution >= 4 is 16.6 Å². The van der Waals surface area contributed by atoms with Crippen molar-refractivity contribution in [1.82, 2.24) is 4.98 Å². The van der Waals surface area contributed by atoms with Crippen molar-refractivity contribution < 1.29 is 0 Å². The van der Waals surface area contributed by atoms with Crippen molar-refractivity contribution in [1.29, 1.82) is 0 Å². The first kappa shape index (κ1) is 14.6. The van der Waals surface area contributed by atoms with Gasteiger partial charge in [-0.1, -0.05) is 43.3 Å². The molecule has 0 atom stereocenters. The zero-order valence-electron chi connectivity index (χ0n) is 13.4. The maximum atomic E-state index is 4.63. The molecule has 0 aliphatic heterocycles. The minimum Gasteiger partial charge on any atom is -0.368 e. The van der Waals surface area contributed by atoms with E-state index in [0.29, 0.717) is 6.04 Å². The number of aromatic nitrogens is 1. The smallest absolute Gasteiger partial charge is 0.129 e. The Kier molecular flexibility index (Phi) is 4.10. The van der Waals surface area contributed by atoms with Crippen molar-refractivity contribution in [2.75, 3.05) is 5.32 Å². The zero-order valence-corrected chi connectivity index (χ0v) is 13.4. The van der Waals surface area contributed by atoms with Crippen molar-refractivity contribution in [3.8, 4) is 11.1 Å². The summed E-state index contributed by atoms with van der Waals surface area (Å²) in [5.41, 5.74) is 3.66. The number of nitrogens with zero attached hydrogens (tertiary/aromatic N) is 1. The molecule has 0 saturated heterocycles. The Hall–Kier alpha value is -2.35. The van der Waals surface area contributed by atoms with Crippen LogP contribution in [-0.2, 0) is 6.42 Å². The van der Waals surface area contributed by atoms with Gasteiger partial charge in [-0.05, 0) is 54.3 Å². The SMILES string of the molecule is CCc1cc(-c2ccc3ccccc3c2)cnc1NC(C)C. The highest BCUT2D eigenvalue weighted by molar-refractivity contribution is 5.87. The lowest BCUT2D eigenvalue weighted by Gasteiger charge is -2.14. The van der Waals surface area contributed by atoms with Crippen LogP contribution in [-0.4, -0.2) is 11.0 Å². The van der Waals surface area contributed by atoms with Crippen LogP contribution in [0.3, 0.4) is 0 Å². The highest BCUT2D eigenvalue weighted by atomic mass is 15.0. The van der Waals surface area contributed by atoms with E-state index in [1.165, 1.54) is 27.5 Å². The Morgan fingerprint density at radius 1 is 0.955 bits per heavy atom. The van der Waals surface area contributed by atoms with E-state index in [-0.39, 0.29) is 0 Å². The third-order valence-corrected chi connectivity index (χ3v) is 3.86. The number of benzene rings is 2. The van der Waals surface area contributed by atoms with Crippen LogP contribution < -0.4 is 5.32 Å². The lowest BCUT2D eigenvalue weighted by atomic mass is 10.0. The van der Waals surface area contributed by atoms with Gasteiger partial charge in [0, 0.05) is 17.8 Å². The second-order valence-electron chi connectivity index (χ2n) is 5.95. The summed E-state index contributed by atoms with van der Waals surface area (Å²) in [4.78, 5) is 4.63. The van der Waals surface area contributed by atoms with Crippen LogP contribution in [0, 0.1) is 0 Å². The maximum Gasteiger partial charge on any atom is 0.129 e. The van der Waals surface area contributed by atoms with Crippen LogP contribution in [0.4, 0.5) is 5.82 Å². The second-order valence-corrected chi connectivity index (χ2v) is 5.95. The fourth-order valence-corrected chi connectivity index (χ4v) is 2.71. The highest BCUT2D eigenvalue weighted by Gasteiger charge is 2.07. The molecular formula is C20H22N2. The molecule has 0 bridgehead atoms. The molecule has 0 amide bonds. The topological polar surface area (TPSA) is 24.9 Å². The zero-order chi connectivity index (χ0) is 15.5. The molecular weight excluding hydrogens is 268 g/mol. The minimum absolute atomic E-state index is 0.393. The standard InChI is InChI=1S/C20H22N2/c1-4-15-11-19(13-21-20(15)22-14(2)3)18-10-9-16-7-5-6-8-17(16)12-18/h5-14H,4H2,1-3H3,(H,21,22). The summed E-state index contributed by atoms with van der Waals surface area (Å²) in [5, 5.41) is 5.96. The van der Waals surface area contributed by atoms with Crippen molar-refractivity contribution in [2.24, 2.45) is 0 Å². The average Bonchev–Trinajstić information content (AvgIpc) is 2.54. The lowest BCUT2D eigenvalue weighted by molar-refractivity contribution is 0.881. The fourth-order valence-electron chi connectivity index (χ4n) is 2.71. The molecule has 2 heteroatoms. The lowest BCUT2D eigenvalue weighted by Crippen LogP contribution is -2.12. The molecule has 0 fully saturated rings. The van der Waals surface area contributed by atoms with Gasteiger partial charge in [-0.15, -0.1) is 0 Å². The van der Waals surface area contributed by atoms with Gasteiger partial charge < -0.3 is 5.32 Å². The summed E-state index contributed by atoms with van der Waals surface area (Å²) >= 11 is 0. The molecule has 3 aromatic rings. The fraction of sp³-hybridized carbons (Fsp3) is 0.250. The molecule has 3 rings (SSSR count). The maximum absolute atomic E-state index is 4.63. The number of anilines is 1. The quantitative estimate of drug-likeness (QED) is 0.706. The Morgan fingerprint density at radius 3 is 2.45 bits per heavy atom. The molecule has 1 N–H and O–H groups in total. The summed E-state index contributed by atoms with van der Waals surface area (Å²) < 4.78 is 0. The van der Waals surface area contributed by atoms with E-state index in [1.54, 1.807) is 0 Å². The van der Waals surface area contributed by atoms with Gasteiger partial charge in [0.15, 0.2) is 0 Å². The first-order valence-electron chi connectivity index (χ1n) is 7.92. The summed E-state index contributed by atoms with van der Waals surface area (Å²) in [6.45, 7) is 6.45. The Morgan fingerprint density at radius 2 is 1.73 bits per heavy atom. The van der Waals surface area contributed by atoms with Gasteiger partial charge in [0.25, 0.3) is 0 Å². The van der Waals surface area contributed by atoms with E-state index < -0.39 is 0 Å². The van der Waals surface area contributed by atoms with Crippen LogP contribution in [0.25, 0.3) is 21.9 Å². The third-order valence-electron chi connectivity index (χ3n) is 3.86. The van der Waals surface area contributed by atoms with Crippen LogP contribution in [0.5, 0.6) is 0 Å². The van der Waals surface area contributed by atoms with Gasteiger partial charge in [0.1, 0.15) is 5.82 Å². The summed E-state index contributed by atoms with van der Waals surface area (Å²) in [5.74, 6) is 1.00. The van der Waals surface area contributed by atoms with Crippen molar-refractivity contribution in [2.45, 2.75) is 33.2 Å². The van der Waals surface area contributed by atoms with Gasteiger partial charge in [-0.25, -0.2) is 4.98 Å². The number of hydrogen-bond acceptors (Lipinski definition) is 2. The first-order chi connectivity index (χ1) is 10.7. The minimum atomic E-state index is 0.393. The van der Waals surface area contributed by atoms with E-state index in [2.05, 4.69) is 79.6 Å². The van der Waals surface area contributed by atoms with E-state index in [1.807, 2.05) is 6.20 Å². The Labute approximate surface area is 132 Å². The molecule has 0 aliphatic carbocycles. The van der Waals surface area contributed by atoms with Crippen LogP contribution >= 0.6 is 0 Å². The molecule has 1 aromatic heterocycles. The van der Waals surface area contributed by atoms with Crippen LogP contribution in [0.15, 0.2) is 54.7 Å². The van der Waals surface area contributed by atoms with Gasteiger partial charge in [0.05, 0.1) is 0 Å². The number of pyridine rings is 1. The first-order valence-corrected chi connectivity index (χ1v) is 7.92. The molecule has 22 heavy (non-hydrogen) atoms. The van der Waals surface area contributed by atoms with Gasteiger partial charge in [-0.3, -0.25) is 0 Å². The molecule has 0 radical (unpaired) electrons. The van der Waals surface area contributed by atoms with Crippen LogP contribution in [0.2, 0.25) is 0 Å². The van der Waals surface area contributed by atoms with E-state index in [0.717, 1.165) is 12.2 Å². The molecule has 1 heterocycles. The number of fused-ring (bicyclic) bond motifs is 1. The Bertz CT molecular complexity index is 791. The van der Waals surface area contributed by atoms with Gasteiger partial charge in [0.2, 0.25) is 0 Å². The number of rotatable bonds is 4. The number of nitrogens with one attached hydrogen (secondary N) is 1. The highest BCUT2D eigenvalue weighted by Crippen LogP contribution is 2.27. The number of hydrogen-bond donors (Lipinski definition) is 1. The number of aryl methyl sites for hydroxylation is 1. The van der Waals surface area contributed by atoms with Crippen molar-refractivity contribution in [3.63, 3.8) is 0 Å². The molecule has 2 aromatic carbocycles. The molecule has 112 valence electrons. The molecule has 0 aliphatic rings. The monoisotopic (exact) mass is 290 g/mol. The normalized spacial score (nSPS) is 11.1. The van der Waals surface area contributed by atoms with Gasteiger partial charge >= 0.3 is 0 Å². The second kappa shape index (κ2) is 6.18. The van der Waals surface area contributed by atoms with E-state index in [9.17, 15) is 0 Å². The largest absolute Gasteiger partial charge is 0.368 e. The third kappa shape index (κ3) is 2.96. The molecule has 0 spiro atoms. The Balaban J connectivity index is 2.02. The molecule has 0 saturated carbocycles. The average molecular weight is 290 g/mol. The summed E-state index contributed by atoms with van der Waals surface area (Å²) in [6, 6.07) is 17.7. The summed E-state index contributed by atoms with van der Waals surface area (Å²) in [6.07, 6.45) is 2.94. The molecule has 0 unspecified atom stereocenters. The van der Waals surface area contributed by atoms with Crippen molar-refractivity contribution in [3.05, 3.63) is 60.3 Å². The predicted octanol–water partition coefficient (Wildman–Crippen LogP) is 5.28. The predicted molar refractivity (Wildman–Crippen MR) is 95.3 cm³/mol. The van der Waals surface area contributed by atoms with E-state index >= 15 is 0 Å². The van der Waals surface area contributed by atoms with E-state index in [4.69, 9.17) is 0 Å². The van der Waals surface area contributed by atoms with Crippen LogP contribution in [0.1, 0.15) is 26.3 Å². The van der Waals surface area contributed by atoms with Gasteiger partial charge in [-0.2, -0.15) is 0 Å². The summed E-state index contributed by atoms with van der Waals surface area (Å²) in [7, 11) is 0. The molecule has 2 nitrogen and oxygen atoms in total.